The Morgan fingerprint density at radius 1 is 1.17 bits per heavy atom. The van der Waals surface area contributed by atoms with Gasteiger partial charge in [0.05, 0.1) is 11.8 Å². The standard InChI is InChI=1S/C23H25BrFN3O/c1-15(2)27-11-9-23(10-12-27)28-21(18-13-16(24)7-8-22(18)29-23)14-20(26-28)17-5-3-4-6-19(17)25/h3-8,13,15,21H,9-12,14H2,1-2H3/t21-/m0/s1. The van der Waals surface area contributed by atoms with Crippen LogP contribution in [0.25, 0.3) is 0 Å². The molecule has 152 valence electrons. The van der Waals surface area contributed by atoms with Crippen LogP contribution in [0.3, 0.4) is 0 Å². The van der Waals surface area contributed by atoms with E-state index >= 15 is 0 Å². The predicted octanol–water partition coefficient (Wildman–Crippen LogP) is 5.33. The second-order valence-corrected chi connectivity index (χ2v) is 9.37. The molecule has 1 fully saturated rings. The van der Waals surface area contributed by atoms with E-state index in [4.69, 9.17) is 9.84 Å². The van der Waals surface area contributed by atoms with Crippen molar-refractivity contribution >= 4 is 21.6 Å². The van der Waals surface area contributed by atoms with Crippen LogP contribution < -0.4 is 4.74 Å². The molecule has 0 aliphatic carbocycles. The molecule has 4 nitrogen and oxygen atoms in total. The molecule has 3 aliphatic heterocycles. The third kappa shape index (κ3) is 3.17. The predicted molar refractivity (Wildman–Crippen MR) is 116 cm³/mol. The maximum absolute atomic E-state index is 14.5. The van der Waals surface area contributed by atoms with Crippen LogP contribution in [0.4, 0.5) is 4.39 Å². The lowest BCUT2D eigenvalue weighted by atomic mass is 9.90. The number of hydrogen-bond acceptors (Lipinski definition) is 4. The van der Waals surface area contributed by atoms with Gasteiger partial charge in [0.25, 0.3) is 0 Å². The van der Waals surface area contributed by atoms with Crippen molar-refractivity contribution in [3.8, 4) is 5.75 Å². The molecule has 0 saturated carbocycles. The average Bonchev–Trinajstić information content (AvgIpc) is 3.16. The van der Waals surface area contributed by atoms with Crippen LogP contribution >= 0.6 is 15.9 Å². The molecule has 0 amide bonds. The summed E-state index contributed by atoms with van der Waals surface area (Å²) in [6.07, 6.45) is 2.44. The van der Waals surface area contributed by atoms with Gasteiger partial charge in [0.15, 0.2) is 0 Å². The first kappa shape index (κ1) is 19.1. The van der Waals surface area contributed by atoms with Gasteiger partial charge in [-0.05, 0) is 38.1 Å². The summed E-state index contributed by atoms with van der Waals surface area (Å²) in [7, 11) is 0. The summed E-state index contributed by atoms with van der Waals surface area (Å²) in [6, 6.07) is 13.7. The number of nitrogens with zero attached hydrogens (tertiary/aromatic N) is 3. The van der Waals surface area contributed by atoms with Gasteiger partial charge in [-0.1, -0.05) is 34.1 Å². The minimum Gasteiger partial charge on any atom is -0.466 e. The third-order valence-electron chi connectivity index (χ3n) is 6.45. The highest BCUT2D eigenvalue weighted by atomic mass is 79.9. The van der Waals surface area contributed by atoms with E-state index in [9.17, 15) is 4.39 Å². The highest BCUT2D eigenvalue weighted by Crippen LogP contribution is 2.50. The topological polar surface area (TPSA) is 28.1 Å². The lowest BCUT2D eigenvalue weighted by Crippen LogP contribution is -2.59. The molecular formula is C23H25BrFN3O. The summed E-state index contributed by atoms with van der Waals surface area (Å²) >= 11 is 3.59. The van der Waals surface area contributed by atoms with Gasteiger partial charge in [-0.15, -0.1) is 0 Å². The first-order valence-corrected chi connectivity index (χ1v) is 11.1. The van der Waals surface area contributed by atoms with Crippen molar-refractivity contribution in [3.05, 3.63) is 63.9 Å². The summed E-state index contributed by atoms with van der Waals surface area (Å²) in [5.74, 6) is 0.711. The van der Waals surface area contributed by atoms with Crippen LogP contribution in [0.15, 0.2) is 52.0 Å². The van der Waals surface area contributed by atoms with Crippen molar-refractivity contribution in [1.82, 2.24) is 9.91 Å². The van der Waals surface area contributed by atoms with E-state index < -0.39 is 5.72 Å². The van der Waals surface area contributed by atoms with E-state index in [2.05, 4.69) is 51.8 Å². The number of benzene rings is 2. The van der Waals surface area contributed by atoms with Crippen LogP contribution in [0, 0.1) is 5.82 Å². The Morgan fingerprint density at radius 3 is 2.66 bits per heavy atom. The molecule has 6 heteroatoms. The molecule has 0 unspecified atom stereocenters. The second-order valence-electron chi connectivity index (χ2n) is 8.45. The maximum Gasteiger partial charge on any atom is 0.200 e. The van der Waals surface area contributed by atoms with Gasteiger partial charge in [0.2, 0.25) is 5.72 Å². The van der Waals surface area contributed by atoms with Gasteiger partial charge < -0.3 is 9.64 Å². The second kappa shape index (κ2) is 7.10. The summed E-state index contributed by atoms with van der Waals surface area (Å²) in [5, 5.41) is 7.11. The summed E-state index contributed by atoms with van der Waals surface area (Å²) in [4.78, 5) is 2.48. The first-order valence-electron chi connectivity index (χ1n) is 10.3. The van der Waals surface area contributed by atoms with E-state index in [1.54, 1.807) is 6.07 Å². The normalized spacial score (nSPS) is 23.0. The fourth-order valence-electron chi connectivity index (χ4n) is 4.83. The number of hydrazone groups is 1. The number of hydrogen-bond donors (Lipinski definition) is 0. The first-order chi connectivity index (χ1) is 14.0. The van der Waals surface area contributed by atoms with Crippen LogP contribution in [-0.4, -0.2) is 40.5 Å². The summed E-state index contributed by atoms with van der Waals surface area (Å²) < 4.78 is 22.2. The Kier molecular flexibility index (Phi) is 4.67. The molecule has 2 aromatic carbocycles. The Labute approximate surface area is 179 Å². The maximum atomic E-state index is 14.5. The highest BCUT2D eigenvalue weighted by Gasteiger charge is 2.52. The number of ether oxygens (including phenoxy) is 1. The Morgan fingerprint density at radius 2 is 1.93 bits per heavy atom. The molecule has 3 heterocycles. The molecule has 1 saturated heterocycles. The van der Waals surface area contributed by atoms with Gasteiger partial charge in [0.1, 0.15) is 11.6 Å². The monoisotopic (exact) mass is 457 g/mol. The molecule has 1 atom stereocenters. The highest BCUT2D eigenvalue weighted by molar-refractivity contribution is 9.10. The van der Waals surface area contributed by atoms with Gasteiger partial charge in [-0.2, -0.15) is 5.10 Å². The van der Waals surface area contributed by atoms with Gasteiger partial charge in [0, 0.05) is 54.0 Å². The average molecular weight is 458 g/mol. The SMILES string of the molecule is CC(C)N1CCC2(CC1)Oc1ccc(Br)cc1[C@@H]1CC(c3ccccc3F)=NN12. The third-order valence-corrected chi connectivity index (χ3v) is 6.95. The zero-order valence-corrected chi connectivity index (χ0v) is 18.3. The number of rotatable bonds is 2. The zero-order chi connectivity index (χ0) is 20.2. The quantitative estimate of drug-likeness (QED) is 0.609. The number of halogens is 2. The number of piperidine rings is 1. The molecule has 29 heavy (non-hydrogen) atoms. The Bertz CT molecular complexity index is 968. The fourth-order valence-corrected chi connectivity index (χ4v) is 5.21. The van der Waals surface area contributed by atoms with Gasteiger partial charge in [-0.3, -0.25) is 0 Å². The zero-order valence-electron chi connectivity index (χ0n) is 16.7. The van der Waals surface area contributed by atoms with Gasteiger partial charge in [-0.25, -0.2) is 9.40 Å². The molecular weight excluding hydrogens is 433 g/mol. The Hall–Kier alpha value is -1.92. The molecule has 0 bridgehead atoms. The van der Waals surface area contributed by atoms with Crippen molar-refractivity contribution in [2.45, 2.75) is 50.9 Å². The van der Waals surface area contributed by atoms with Crippen molar-refractivity contribution in [3.63, 3.8) is 0 Å². The number of fused-ring (bicyclic) bond motifs is 4. The fraction of sp³-hybridized carbons (Fsp3) is 0.435. The molecule has 2 aromatic rings. The minimum absolute atomic E-state index is 0.0662. The molecule has 1 spiro atoms. The smallest absolute Gasteiger partial charge is 0.200 e. The number of likely N-dealkylation sites (tertiary alicyclic amines) is 1. The lowest BCUT2D eigenvalue weighted by Gasteiger charge is -2.51. The van der Waals surface area contributed by atoms with E-state index in [1.165, 1.54) is 6.07 Å². The molecule has 0 N–H and O–H groups in total. The largest absolute Gasteiger partial charge is 0.466 e. The van der Waals surface area contributed by atoms with Crippen LogP contribution in [0.1, 0.15) is 50.3 Å². The van der Waals surface area contributed by atoms with Crippen molar-refractivity contribution < 1.29 is 9.13 Å². The van der Waals surface area contributed by atoms with E-state index in [1.807, 2.05) is 18.2 Å². The molecule has 0 radical (unpaired) electrons. The summed E-state index contributed by atoms with van der Waals surface area (Å²) in [5.41, 5.74) is 2.04. The van der Waals surface area contributed by atoms with Crippen LogP contribution in [0.2, 0.25) is 0 Å². The van der Waals surface area contributed by atoms with Crippen LogP contribution in [0.5, 0.6) is 5.75 Å². The molecule has 3 aliphatic rings. The lowest BCUT2D eigenvalue weighted by molar-refractivity contribution is -0.152. The molecule has 0 aromatic heterocycles. The van der Waals surface area contributed by atoms with Crippen molar-refractivity contribution in [2.24, 2.45) is 5.10 Å². The summed E-state index contributed by atoms with van der Waals surface area (Å²) in [6.45, 7) is 6.41. The molecule has 5 rings (SSSR count). The van der Waals surface area contributed by atoms with E-state index in [0.717, 1.165) is 47.4 Å². The van der Waals surface area contributed by atoms with Crippen molar-refractivity contribution in [2.75, 3.05) is 13.1 Å². The van der Waals surface area contributed by atoms with E-state index in [0.29, 0.717) is 18.0 Å². The van der Waals surface area contributed by atoms with Gasteiger partial charge >= 0.3 is 0 Å². The van der Waals surface area contributed by atoms with Crippen molar-refractivity contribution in [1.29, 1.82) is 0 Å². The minimum atomic E-state index is -0.468. The Balaban J connectivity index is 1.56. The van der Waals surface area contributed by atoms with Crippen LogP contribution in [-0.2, 0) is 0 Å². The van der Waals surface area contributed by atoms with E-state index in [-0.39, 0.29) is 11.9 Å².